The van der Waals surface area contributed by atoms with Crippen LogP contribution in [0.25, 0.3) is 0 Å². The van der Waals surface area contributed by atoms with Crippen LogP contribution in [0, 0.1) is 5.82 Å². The molecular formula is C16H18FNO4S2. The number of rotatable bonds is 6. The molecular weight excluding hydrogens is 353 g/mol. The third kappa shape index (κ3) is 4.55. The Hall–Kier alpha value is -1.93. The van der Waals surface area contributed by atoms with Crippen LogP contribution in [-0.4, -0.2) is 35.9 Å². The zero-order chi connectivity index (χ0) is 18.0. The highest BCUT2D eigenvalue weighted by Gasteiger charge is 2.17. The quantitative estimate of drug-likeness (QED) is 0.843. The highest BCUT2D eigenvalue weighted by Crippen LogP contribution is 2.25. The van der Waals surface area contributed by atoms with E-state index in [1.165, 1.54) is 18.2 Å². The zero-order valence-corrected chi connectivity index (χ0v) is 14.9. The van der Waals surface area contributed by atoms with E-state index in [0.29, 0.717) is 24.2 Å². The minimum atomic E-state index is -3.62. The number of anilines is 1. The van der Waals surface area contributed by atoms with Gasteiger partial charge in [-0.05, 0) is 36.2 Å². The first-order valence-corrected chi connectivity index (χ1v) is 10.9. The van der Waals surface area contributed by atoms with E-state index in [-0.39, 0.29) is 15.6 Å². The number of halogens is 1. The van der Waals surface area contributed by atoms with Gasteiger partial charge in [0.05, 0.1) is 15.5 Å². The Balaban J connectivity index is 2.25. The van der Waals surface area contributed by atoms with Gasteiger partial charge >= 0.3 is 0 Å². The van der Waals surface area contributed by atoms with Crippen LogP contribution in [0.1, 0.15) is 5.56 Å². The zero-order valence-electron chi connectivity index (χ0n) is 13.3. The normalized spacial score (nSPS) is 12.1. The Bertz CT molecular complexity index is 954. The molecule has 0 fully saturated rings. The molecule has 2 aromatic carbocycles. The Morgan fingerprint density at radius 3 is 2.21 bits per heavy atom. The molecule has 1 N–H and O–H groups in total. The maximum atomic E-state index is 13.6. The van der Waals surface area contributed by atoms with E-state index in [9.17, 15) is 21.2 Å². The van der Waals surface area contributed by atoms with Crippen molar-refractivity contribution in [1.82, 2.24) is 0 Å². The molecule has 2 rings (SSSR count). The summed E-state index contributed by atoms with van der Waals surface area (Å²) in [5.41, 5.74) is 0.805. The molecule has 0 saturated carbocycles. The molecule has 0 aliphatic rings. The summed E-state index contributed by atoms with van der Waals surface area (Å²) in [5.74, 6) is -0.324. The second-order valence-corrected chi connectivity index (χ2v) is 9.47. The van der Waals surface area contributed by atoms with Crippen LogP contribution >= 0.6 is 0 Å². The van der Waals surface area contributed by atoms with Gasteiger partial charge in [0, 0.05) is 19.1 Å². The topological polar surface area (TPSA) is 80.3 Å². The van der Waals surface area contributed by atoms with Crippen LogP contribution in [0.4, 0.5) is 10.1 Å². The van der Waals surface area contributed by atoms with E-state index in [1.54, 1.807) is 18.2 Å². The Morgan fingerprint density at radius 2 is 1.62 bits per heavy atom. The molecule has 0 saturated heterocycles. The van der Waals surface area contributed by atoms with Gasteiger partial charge in [-0.2, -0.15) is 0 Å². The first-order valence-electron chi connectivity index (χ1n) is 7.10. The van der Waals surface area contributed by atoms with Crippen molar-refractivity contribution in [3.63, 3.8) is 0 Å². The van der Waals surface area contributed by atoms with Crippen molar-refractivity contribution in [2.24, 2.45) is 0 Å². The third-order valence-electron chi connectivity index (χ3n) is 3.45. The first kappa shape index (κ1) is 18.4. The molecule has 8 heteroatoms. The Kier molecular flexibility index (Phi) is 5.29. The fourth-order valence-corrected chi connectivity index (χ4v) is 3.82. The Labute approximate surface area is 141 Å². The summed E-state index contributed by atoms with van der Waals surface area (Å²) in [5, 5.41) is 2.93. The summed E-state index contributed by atoms with van der Waals surface area (Å²) < 4.78 is 60.6. The molecule has 0 unspecified atom stereocenters. The highest BCUT2D eigenvalue weighted by atomic mass is 32.2. The summed E-state index contributed by atoms with van der Waals surface area (Å²) in [7, 11) is -7.13. The van der Waals surface area contributed by atoms with E-state index in [2.05, 4.69) is 5.32 Å². The summed E-state index contributed by atoms with van der Waals surface area (Å²) in [6.45, 7) is 0.307. The van der Waals surface area contributed by atoms with E-state index in [0.717, 1.165) is 18.6 Å². The number of hydrogen-bond donors (Lipinski definition) is 1. The molecule has 24 heavy (non-hydrogen) atoms. The number of hydrogen-bond acceptors (Lipinski definition) is 5. The summed E-state index contributed by atoms with van der Waals surface area (Å²) in [6, 6.07) is 10.2. The minimum absolute atomic E-state index is 0.0671. The van der Waals surface area contributed by atoms with Crippen LogP contribution < -0.4 is 5.32 Å². The second kappa shape index (κ2) is 6.90. The van der Waals surface area contributed by atoms with Crippen molar-refractivity contribution in [3.8, 4) is 0 Å². The van der Waals surface area contributed by atoms with Gasteiger partial charge < -0.3 is 5.32 Å². The van der Waals surface area contributed by atoms with Gasteiger partial charge in [-0.25, -0.2) is 21.2 Å². The molecule has 0 amide bonds. The lowest BCUT2D eigenvalue weighted by molar-refractivity contribution is 0.600. The van der Waals surface area contributed by atoms with Crippen molar-refractivity contribution < 1.29 is 21.2 Å². The van der Waals surface area contributed by atoms with Crippen LogP contribution in [0.15, 0.2) is 52.3 Å². The van der Waals surface area contributed by atoms with Gasteiger partial charge in [-0.1, -0.05) is 18.2 Å². The lowest BCUT2D eigenvalue weighted by Crippen LogP contribution is -2.11. The van der Waals surface area contributed by atoms with Gasteiger partial charge in [0.2, 0.25) is 0 Å². The summed E-state index contributed by atoms with van der Waals surface area (Å²) in [4.78, 5) is -0.165. The summed E-state index contributed by atoms with van der Waals surface area (Å²) in [6.07, 6.45) is 2.39. The van der Waals surface area contributed by atoms with Crippen molar-refractivity contribution in [2.45, 2.75) is 16.2 Å². The molecule has 5 nitrogen and oxygen atoms in total. The molecule has 0 atom stereocenters. The summed E-state index contributed by atoms with van der Waals surface area (Å²) >= 11 is 0. The maximum absolute atomic E-state index is 13.6. The fourth-order valence-electron chi connectivity index (χ4n) is 2.22. The number of sulfone groups is 2. The first-order chi connectivity index (χ1) is 11.1. The molecule has 0 radical (unpaired) electrons. The maximum Gasteiger partial charge on any atom is 0.177 e. The number of benzene rings is 2. The average Bonchev–Trinajstić information content (AvgIpc) is 2.47. The molecule has 2 aromatic rings. The smallest absolute Gasteiger partial charge is 0.177 e. The standard InChI is InChI=1S/C16H18FNO4S2/c1-23(19,20)13-7-8-15(16(11-13)24(2,21)22)18-10-9-12-5-3-4-6-14(12)17/h3-8,11,18H,9-10H2,1-2H3. The van der Waals surface area contributed by atoms with Crippen molar-refractivity contribution in [1.29, 1.82) is 0 Å². The molecule has 0 spiro atoms. The van der Waals surface area contributed by atoms with Crippen LogP contribution in [0.2, 0.25) is 0 Å². The van der Waals surface area contributed by atoms with Gasteiger partial charge in [0.25, 0.3) is 0 Å². The van der Waals surface area contributed by atoms with Gasteiger partial charge in [0.1, 0.15) is 5.82 Å². The van der Waals surface area contributed by atoms with E-state index < -0.39 is 19.7 Å². The Morgan fingerprint density at radius 1 is 0.958 bits per heavy atom. The number of nitrogens with one attached hydrogen (secondary N) is 1. The molecule has 0 heterocycles. The lowest BCUT2D eigenvalue weighted by Gasteiger charge is -2.12. The molecule has 130 valence electrons. The largest absolute Gasteiger partial charge is 0.384 e. The van der Waals surface area contributed by atoms with Crippen LogP contribution in [0.3, 0.4) is 0 Å². The van der Waals surface area contributed by atoms with Crippen LogP contribution in [0.5, 0.6) is 0 Å². The van der Waals surface area contributed by atoms with E-state index in [4.69, 9.17) is 0 Å². The molecule has 0 aliphatic carbocycles. The third-order valence-corrected chi connectivity index (χ3v) is 5.70. The van der Waals surface area contributed by atoms with Crippen molar-refractivity contribution >= 4 is 25.4 Å². The lowest BCUT2D eigenvalue weighted by atomic mass is 10.1. The van der Waals surface area contributed by atoms with Crippen molar-refractivity contribution in [2.75, 3.05) is 24.4 Å². The van der Waals surface area contributed by atoms with Gasteiger partial charge in [-0.15, -0.1) is 0 Å². The monoisotopic (exact) mass is 371 g/mol. The molecule has 0 bridgehead atoms. The van der Waals surface area contributed by atoms with Crippen molar-refractivity contribution in [3.05, 3.63) is 53.8 Å². The predicted molar refractivity (Wildman–Crippen MR) is 91.3 cm³/mol. The second-order valence-electron chi connectivity index (χ2n) is 5.47. The van der Waals surface area contributed by atoms with Gasteiger partial charge in [0.15, 0.2) is 19.7 Å². The van der Waals surface area contributed by atoms with E-state index in [1.807, 2.05) is 0 Å². The predicted octanol–water partition coefficient (Wildman–Crippen LogP) is 2.29. The fraction of sp³-hybridized carbons (Fsp3) is 0.250. The minimum Gasteiger partial charge on any atom is -0.384 e. The molecule has 0 aromatic heterocycles. The van der Waals surface area contributed by atoms with Crippen LogP contribution in [-0.2, 0) is 26.1 Å². The highest BCUT2D eigenvalue weighted by molar-refractivity contribution is 7.91. The average molecular weight is 371 g/mol. The van der Waals surface area contributed by atoms with Gasteiger partial charge in [-0.3, -0.25) is 0 Å². The molecule has 0 aliphatic heterocycles. The van der Waals surface area contributed by atoms with E-state index >= 15 is 0 Å². The SMILES string of the molecule is CS(=O)(=O)c1ccc(NCCc2ccccc2F)c(S(C)(=O)=O)c1.